The van der Waals surface area contributed by atoms with Gasteiger partial charge in [-0.25, -0.2) is 0 Å². The molecule has 0 radical (unpaired) electrons. The van der Waals surface area contributed by atoms with E-state index < -0.39 is 0 Å². The second-order valence-corrected chi connectivity index (χ2v) is 11.7. The molecule has 1 rings (SSSR count). The Hall–Kier alpha value is 1.24. The number of aliphatic hydroxyl groups is 2. The molecule has 0 aromatic carbocycles. The van der Waals surface area contributed by atoms with E-state index in [2.05, 4.69) is 10.2 Å². The highest BCUT2D eigenvalue weighted by atomic mass is 32.2. The molecule has 0 aromatic rings. The van der Waals surface area contributed by atoms with Crippen LogP contribution >= 0.6 is 47.0 Å². The summed E-state index contributed by atoms with van der Waals surface area (Å²) in [6.07, 6.45) is 11.3. The van der Waals surface area contributed by atoms with Gasteiger partial charge in [-0.3, -0.25) is 10.2 Å². The van der Waals surface area contributed by atoms with E-state index in [1.807, 2.05) is 47.0 Å². The molecule has 0 bridgehead atoms. The van der Waals surface area contributed by atoms with E-state index in [4.69, 9.17) is 0 Å². The van der Waals surface area contributed by atoms with Crippen LogP contribution in [0.25, 0.3) is 0 Å². The van der Waals surface area contributed by atoms with E-state index in [0.717, 1.165) is 30.6 Å². The molecule has 1 atom stereocenters. The van der Waals surface area contributed by atoms with Crippen LogP contribution in [0.1, 0.15) is 57.8 Å². The van der Waals surface area contributed by atoms with E-state index in [1.54, 1.807) is 0 Å². The van der Waals surface area contributed by atoms with Gasteiger partial charge in [0.25, 0.3) is 0 Å². The lowest BCUT2D eigenvalue weighted by atomic mass is 10.2. The van der Waals surface area contributed by atoms with Gasteiger partial charge in [0, 0.05) is 30.8 Å². The van der Waals surface area contributed by atoms with Gasteiger partial charge in [0.15, 0.2) is 0 Å². The van der Waals surface area contributed by atoms with Gasteiger partial charge < -0.3 is 10.2 Å². The number of thioether (sulfide) groups is 4. The number of hydrogen-bond donors (Lipinski definition) is 3. The Labute approximate surface area is 190 Å². The summed E-state index contributed by atoms with van der Waals surface area (Å²) < 4.78 is 0. The zero-order chi connectivity index (χ0) is 20.1. The largest absolute Gasteiger partial charge is 0.396 e. The van der Waals surface area contributed by atoms with Crippen LogP contribution < -0.4 is 5.32 Å². The highest BCUT2D eigenvalue weighted by Gasteiger charge is 2.08. The van der Waals surface area contributed by atoms with E-state index >= 15 is 0 Å². The summed E-state index contributed by atoms with van der Waals surface area (Å²) in [6, 6.07) is 0. The van der Waals surface area contributed by atoms with Crippen molar-refractivity contribution < 1.29 is 10.2 Å². The Bertz CT molecular complexity index is 303. The van der Waals surface area contributed by atoms with Crippen molar-refractivity contribution in [2.45, 2.75) is 63.2 Å². The number of hydrogen-bond acceptors (Lipinski definition) is 8. The van der Waals surface area contributed by atoms with Gasteiger partial charge in [0.1, 0.15) is 0 Å². The van der Waals surface area contributed by atoms with Gasteiger partial charge >= 0.3 is 0 Å². The van der Waals surface area contributed by atoms with E-state index in [0.29, 0.717) is 5.37 Å². The highest BCUT2D eigenvalue weighted by molar-refractivity contribution is 8.00. The van der Waals surface area contributed by atoms with Crippen LogP contribution in [0, 0.1) is 0 Å². The molecule has 4 nitrogen and oxygen atoms in total. The minimum Gasteiger partial charge on any atom is -0.396 e. The van der Waals surface area contributed by atoms with Crippen LogP contribution in [0.3, 0.4) is 0 Å². The summed E-state index contributed by atoms with van der Waals surface area (Å²) in [6.45, 7) is 1.35. The fraction of sp³-hybridized carbons (Fsp3) is 1.00. The van der Waals surface area contributed by atoms with E-state index in [-0.39, 0.29) is 13.2 Å². The predicted molar refractivity (Wildman–Crippen MR) is 134 cm³/mol. The molecule has 0 saturated carbocycles. The molecule has 1 aliphatic rings. The third kappa shape index (κ3) is 17.0. The normalized spacial score (nSPS) is 24.9. The van der Waals surface area contributed by atoms with Crippen LogP contribution in [0.15, 0.2) is 0 Å². The van der Waals surface area contributed by atoms with Crippen molar-refractivity contribution in [3.8, 4) is 0 Å². The first-order valence-corrected chi connectivity index (χ1v) is 15.4. The van der Waals surface area contributed by atoms with E-state index in [9.17, 15) is 10.2 Å². The Morgan fingerprint density at radius 3 is 1.86 bits per heavy atom. The first kappa shape index (κ1) is 27.3. The average molecular weight is 471 g/mol. The molecule has 0 aromatic heterocycles. The second-order valence-electron chi connectivity index (χ2n) is 7.15. The van der Waals surface area contributed by atoms with Crippen LogP contribution in [0.2, 0.25) is 0 Å². The summed E-state index contributed by atoms with van der Waals surface area (Å²) in [5.74, 6) is 8.00. The molecule has 168 valence electrons. The summed E-state index contributed by atoms with van der Waals surface area (Å²) in [7, 11) is 0. The average Bonchev–Trinajstić information content (AvgIpc) is 2.69. The predicted octanol–water partition coefficient (Wildman–Crippen LogP) is 4.52. The van der Waals surface area contributed by atoms with Crippen molar-refractivity contribution in [2.24, 2.45) is 0 Å². The standard InChI is InChI=1S/C20H42N2O2S4/c23-11-9-20-21-17-25-13-5-1-2-6-14-26-18-22(10-12-24)19-27-15-7-3-4-8-16-28-20/h20-21,23-24H,1-19H2. The van der Waals surface area contributed by atoms with Gasteiger partial charge in [-0.05, 0) is 55.1 Å². The number of β-amino-alcohol motifs (C(OH)–C–C–N with tert-alkyl or cyclic N) is 1. The molecular weight excluding hydrogens is 429 g/mol. The molecule has 0 amide bonds. The molecular formula is C20H42N2O2S4. The maximum absolute atomic E-state index is 9.28. The lowest BCUT2D eigenvalue weighted by Crippen LogP contribution is -2.27. The third-order valence-corrected chi connectivity index (χ3v) is 9.13. The van der Waals surface area contributed by atoms with Crippen molar-refractivity contribution in [2.75, 3.05) is 60.4 Å². The Balaban J connectivity index is 2.29. The fourth-order valence-electron chi connectivity index (χ4n) is 2.93. The quantitative estimate of drug-likeness (QED) is 0.554. The smallest absolute Gasteiger partial charge is 0.0560 e. The Kier molecular flexibility index (Phi) is 20.9. The number of nitrogens with one attached hydrogen (secondary N) is 1. The fourth-order valence-corrected chi connectivity index (χ4v) is 7.18. The first-order chi connectivity index (χ1) is 13.9. The molecule has 3 N–H and O–H groups in total. The van der Waals surface area contributed by atoms with Crippen LogP contribution in [0.4, 0.5) is 0 Å². The molecule has 1 unspecified atom stereocenters. The molecule has 8 heteroatoms. The minimum atomic E-state index is 0.266. The molecule has 28 heavy (non-hydrogen) atoms. The maximum atomic E-state index is 9.28. The SMILES string of the molecule is OCCC1NCSCCCCCCSCN(CCO)CSCCCCCCS1. The second kappa shape index (κ2) is 21.5. The third-order valence-electron chi connectivity index (χ3n) is 4.60. The number of rotatable bonds is 4. The van der Waals surface area contributed by atoms with Crippen molar-refractivity contribution in [1.82, 2.24) is 10.2 Å². The molecule has 1 heterocycles. The molecule has 1 fully saturated rings. The van der Waals surface area contributed by atoms with Crippen LogP contribution in [0.5, 0.6) is 0 Å². The Morgan fingerprint density at radius 1 is 0.714 bits per heavy atom. The molecule has 1 saturated heterocycles. The van der Waals surface area contributed by atoms with Gasteiger partial charge in [0.2, 0.25) is 0 Å². The lowest BCUT2D eigenvalue weighted by Gasteiger charge is -2.20. The van der Waals surface area contributed by atoms with Gasteiger partial charge in [-0.1, -0.05) is 25.7 Å². The van der Waals surface area contributed by atoms with Gasteiger partial charge in [0.05, 0.1) is 12.0 Å². The zero-order valence-electron chi connectivity index (χ0n) is 17.5. The summed E-state index contributed by atoms with van der Waals surface area (Å²) in [5.41, 5.74) is 0. The van der Waals surface area contributed by atoms with E-state index in [1.165, 1.54) is 74.4 Å². The molecule has 0 aliphatic carbocycles. The monoisotopic (exact) mass is 470 g/mol. The summed E-state index contributed by atoms with van der Waals surface area (Å²) >= 11 is 8.03. The lowest BCUT2D eigenvalue weighted by molar-refractivity contribution is 0.234. The first-order valence-electron chi connectivity index (χ1n) is 10.9. The zero-order valence-corrected chi connectivity index (χ0v) is 20.8. The number of aliphatic hydroxyl groups excluding tert-OH is 2. The van der Waals surface area contributed by atoms with Gasteiger partial charge in [-0.15, -0.1) is 47.0 Å². The van der Waals surface area contributed by atoms with Crippen LogP contribution in [-0.2, 0) is 0 Å². The summed E-state index contributed by atoms with van der Waals surface area (Å²) in [5, 5.41) is 22.6. The maximum Gasteiger partial charge on any atom is 0.0560 e. The molecule has 0 spiro atoms. The van der Waals surface area contributed by atoms with Gasteiger partial charge in [-0.2, -0.15) is 0 Å². The van der Waals surface area contributed by atoms with Crippen molar-refractivity contribution in [1.29, 1.82) is 0 Å². The topological polar surface area (TPSA) is 55.7 Å². The molecule has 1 aliphatic heterocycles. The minimum absolute atomic E-state index is 0.266. The van der Waals surface area contributed by atoms with Crippen molar-refractivity contribution in [3.63, 3.8) is 0 Å². The van der Waals surface area contributed by atoms with Crippen LogP contribution in [-0.4, -0.2) is 80.9 Å². The highest BCUT2D eigenvalue weighted by Crippen LogP contribution is 2.18. The number of nitrogens with zero attached hydrogens (tertiary/aromatic N) is 1. The van der Waals surface area contributed by atoms with Crippen molar-refractivity contribution >= 4 is 47.0 Å². The van der Waals surface area contributed by atoms with Crippen molar-refractivity contribution in [3.05, 3.63) is 0 Å². The Morgan fingerprint density at radius 2 is 1.29 bits per heavy atom. The summed E-state index contributed by atoms with van der Waals surface area (Å²) in [4.78, 5) is 2.39.